The van der Waals surface area contributed by atoms with Gasteiger partial charge in [-0.2, -0.15) is 0 Å². The van der Waals surface area contributed by atoms with Gasteiger partial charge in [0.1, 0.15) is 0 Å². The first-order valence-corrected chi connectivity index (χ1v) is 8.33. The monoisotopic (exact) mass is 322 g/mol. The molecule has 0 unspecified atom stereocenters. The second-order valence-corrected chi connectivity index (χ2v) is 6.63. The quantitative estimate of drug-likeness (QED) is 0.797. The van der Waals surface area contributed by atoms with Gasteiger partial charge in [0.05, 0.1) is 6.54 Å². The molecule has 1 aromatic rings. The average molecular weight is 323 g/mol. The minimum Gasteiger partial charge on any atom is -0.337 e. The number of amides is 1. The first-order chi connectivity index (χ1) is 10.3. The van der Waals surface area contributed by atoms with Gasteiger partial charge in [-0.1, -0.05) is 36.8 Å². The second kappa shape index (κ2) is 8.54. The number of rotatable bonds is 8. The molecule has 0 atom stereocenters. The summed E-state index contributed by atoms with van der Waals surface area (Å²) in [5.41, 5.74) is 1.23. The summed E-state index contributed by atoms with van der Waals surface area (Å²) in [4.78, 5) is 14.5. The van der Waals surface area contributed by atoms with Crippen LogP contribution in [0.2, 0.25) is 0 Å². The maximum atomic E-state index is 12.5. The molecule has 122 valence electrons. The average Bonchev–Trinajstić information content (AvgIpc) is 3.26. The number of nitrogens with one attached hydrogen (secondary N) is 1. The molecular weight excluding hydrogens is 296 g/mol. The highest BCUT2D eigenvalue weighted by Gasteiger charge is 2.25. The maximum absolute atomic E-state index is 12.5. The minimum atomic E-state index is 0. The van der Waals surface area contributed by atoms with E-state index in [9.17, 15) is 4.79 Å². The van der Waals surface area contributed by atoms with Crippen molar-refractivity contribution in [2.75, 3.05) is 19.6 Å². The van der Waals surface area contributed by atoms with Crippen LogP contribution in [0.5, 0.6) is 0 Å². The van der Waals surface area contributed by atoms with Crippen LogP contribution >= 0.6 is 12.4 Å². The summed E-state index contributed by atoms with van der Waals surface area (Å²) in [5, 5.41) is 3.33. The van der Waals surface area contributed by atoms with E-state index in [2.05, 4.69) is 22.3 Å². The Hall–Kier alpha value is -1.06. The van der Waals surface area contributed by atoms with Crippen molar-refractivity contribution in [2.24, 2.45) is 11.8 Å². The van der Waals surface area contributed by atoms with Crippen LogP contribution in [0, 0.1) is 11.8 Å². The van der Waals surface area contributed by atoms with E-state index < -0.39 is 0 Å². The Kier molecular flexibility index (Phi) is 6.71. The van der Waals surface area contributed by atoms with E-state index in [1.807, 2.05) is 18.2 Å². The highest BCUT2D eigenvalue weighted by atomic mass is 35.5. The first-order valence-electron chi connectivity index (χ1n) is 8.33. The van der Waals surface area contributed by atoms with E-state index in [-0.39, 0.29) is 18.3 Å². The Balaban J connectivity index is 0.00000176. The molecule has 22 heavy (non-hydrogen) atoms. The molecule has 2 aliphatic rings. The van der Waals surface area contributed by atoms with Crippen molar-refractivity contribution >= 4 is 18.3 Å². The smallest absolute Gasteiger partial charge is 0.236 e. The highest BCUT2D eigenvalue weighted by Crippen LogP contribution is 2.28. The molecular formula is C18H27ClN2O. The zero-order chi connectivity index (χ0) is 14.5. The lowest BCUT2D eigenvalue weighted by molar-refractivity contribution is -0.132. The number of carbonyl (C=O) groups excluding carboxylic acids is 1. The fourth-order valence-electron chi connectivity index (χ4n) is 2.86. The third kappa shape index (κ3) is 5.29. The Morgan fingerprint density at radius 1 is 1.09 bits per heavy atom. The van der Waals surface area contributed by atoms with Crippen molar-refractivity contribution in [3.63, 3.8) is 0 Å². The summed E-state index contributed by atoms with van der Waals surface area (Å²) < 4.78 is 0. The van der Waals surface area contributed by atoms with Crippen LogP contribution < -0.4 is 5.32 Å². The number of carbonyl (C=O) groups is 1. The summed E-state index contributed by atoms with van der Waals surface area (Å²) in [5.74, 6) is 1.81. The third-order valence-corrected chi connectivity index (χ3v) is 4.68. The molecule has 0 aromatic heterocycles. The summed E-state index contributed by atoms with van der Waals surface area (Å²) in [7, 11) is 0. The number of nitrogens with zero attached hydrogens (tertiary/aromatic N) is 1. The lowest BCUT2D eigenvalue weighted by Crippen LogP contribution is -2.42. The normalized spacial score (nSPS) is 17.5. The molecule has 0 bridgehead atoms. The fourth-order valence-corrected chi connectivity index (χ4v) is 2.86. The molecule has 2 fully saturated rings. The van der Waals surface area contributed by atoms with E-state index in [0.717, 1.165) is 31.5 Å². The molecule has 2 aliphatic carbocycles. The van der Waals surface area contributed by atoms with Crippen molar-refractivity contribution in [3.05, 3.63) is 35.9 Å². The molecule has 3 rings (SSSR count). The van der Waals surface area contributed by atoms with Crippen molar-refractivity contribution in [1.82, 2.24) is 10.2 Å². The van der Waals surface area contributed by atoms with Crippen LogP contribution in [0.3, 0.4) is 0 Å². The van der Waals surface area contributed by atoms with Crippen molar-refractivity contribution in [1.29, 1.82) is 0 Å². The number of halogens is 1. The van der Waals surface area contributed by atoms with Gasteiger partial charge in [-0.05, 0) is 49.6 Å². The second-order valence-electron chi connectivity index (χ2n) is 6.63. The Morgan fingerprint density at radius 3 is 2.41 bits per heavy atom. The van der Waals surface area contributed by atoms with Crippen LogP contribution in [0.15, 0.2) is 30.3 Å². The van der Waals surface area contributed by atoms with E-state index >= 15 is 0 Å². The van der Waals surface area contributed by atoms with Gasteiger partial charge in [-0.3, -0.25) is 4.79 Å². The predicted octanol–water partition coefficient (Wildman–Crippen LogP) is 3.24. The van der Waals surface area contributed by atoms with E-state index in [1.165, 1.54) is 37.7 Å². The largest absolute Gasteiger partial charge is 0.337 e. The van der Waals surface area contributed by atoms with Gasteiger partial charge in [0, 0.05) is 13.1 Å². The van der Waals surface area contributed by atoms with Crippen LogP contribution in [0.25, 0.3) is 0 Å². The van der Waals surface area contributed by atoms with Gasteiger partial charge < -0.3 is 10.2 Å². The molecule has 2 saturated carbocycles. The minimum absolute atomic E-state index is 0. The zero-order valence-electron chi connectivity index (χ0n) is 13.2. The number of hydrogen-bond donors (Lipinski definition) is 1. The molecule has 1 N–H and O–H groups in total. The Morgan fingerprint density at radius 2 is 1.82 bits per heavy atom. The van der Waals surface area contributed by atoms with Gasteiger partial charge in [0.15, 0.2) is 0 Å². The van der Waals surface area contributed by atoms with Gasteiger partial charge in [-0.25, -0.2) is 0 Å². The van der Waals surface area contributed by atoms with Crippen LogP contribution in [0.4, 0.5) is 0 Å². The number of benzene rings is 1. The number of hydrogen-bond acceptors (Lipinski definition) is 2. The van der Waals surface area contributed by atoms with Crippen LogP contribution in [-0.2, 0) is 11.3 Å². The van der Waals surface area contributed by atoms with Gasteiger partial charge in [0.25, 0.3) is 0 Å². The molecule has 0 radical (unpaired) electrons. The molecule has 0 heterocycles. The van der Waals surface area contributed by atoms with Gasteiger partial charge >= 0.3 is 0 Å². The molecule has 3 nitrogen and oxygen atoms in total. The van der Waals surface area contributed by atoms with E-state index in [4.69, 9.17) is 0 Å². The summed E-state index contributed by atoms with van der Waals surface area (Å²) in [6.45, 7) is 3.19. The molecule has 0 saturated heterocycles. The van der Waals surface area contributed by atoms with Crippen molar-refractivity contribution < 1.29 is 4.79 Å². The zero-order valence-corrected chi connectivity index (χ0v) is 14.0. The topological polar surface area (TPSA) is 32.3 Å². The summed E-state index contributed by atoms with van der Waals surface area (Å²) >= 11 is 0. The Labute approximate surface area is 139 Å². The van der Waals surface area contributed by atoms with Crippen LogP contribution in [0.1, 0.15) is 37.7 Å². The summed E-state index contributed by atoms with van der Waals surface area (Å²) in [6.07, 6.45) is 6.56. The maximum Gasteiger partial charge on any atom is 0.236 e. The van der Waals surface area contributed by atoms with Gasteiger partial charge in [-0.15, -0.1) is 12.4 Å². The summed E-state index contributed by atoms with van der Waals surface area (Å²) in [6, 6.07) is 10.3. The van der Waals surface area contributed by atoms with Crippen molar-refractivity contribution in [3.8, 4) is 0 Å². The van der Waals surface area contributed by atoms with E-state index in [0.29, 0.717) is 6.54 Å². The SMILES string of the molecule is Cl.O=C(CNCC1CC1)N(Cc1ccccc1)CC1CCC1. The predicted molar refractivity (Wildman–Crippen MR) is 92.0 cm³/mol. The molecule has 1 aromatic carbocycles. The standard InChI is InChI=1S/C18H26N2O.ClH/c21-18(12-19-11-15-9-10-15)20(14-17-7-4-8-17)13-16-5-2-1-3-6-16;/h1-3,5-6,15,17,19H,4,7-14H2;1H. The molecule has 1 amide bonds. The van der Waals surface area contributed by atoms with E-state index in [1.54, 1.807) is 0 Å². The Bertz CT molecular complexity index is 457. The highest BCUT2D eigenvalue weighted by molar-refractivity contribution is 5.85. The fraction of sp³-hybridized carbons (Fsp3) is 0.611. The molecule has 0 spiro atoms. The molecule has 4 heteroatoms. The lowest BCUT2D eigenvalue weighted by atomic mass is 9.85. The van der Waals surface area contributed by atoms with Crippen molar-refractivity contribution in [2.45, 2.75) is 38.6 Å². The third-order valence-electron chi connectivity index (χ3n) is 4.68. The lowest BCUT2D eigenvalue weighted by Gasteiger charge is -2.32. The first kappa shape index (κ1) is 17.3. The van der Waals surface area contributed by atoms with Crippen LogP contribution in [-0.4, -0.2) is 30.4 Å². The molecule has 0 aliphatic heterocycles. The van der Waals surface area contributed by atoms with Gasteiger partial charge in [0.2, 0.25) is 5.91 Å².